The highest BCUT2D eigenvalue weighted by molar-refractivity contribution is 5.94. The van der Waals surface area contributed by atoms with Crippen LogP contribution in [0.25, 0.3) is 5.65 Å². The molecule has 1 fully saturated rings. The molecule has 3 aromatic rings. The predicted octanol–water partition coefficient (Wildman–Crippen LogP) is 1.59. The van der Waals surface area contributed by atoms with Gasteiger partial charge in [-0.05, 0) is 24.7 Å². The van der Waals surface area contributed by atoms with Gasteiger partial charge in [0.25, 0.3) is 5.91 Å². The minimum absolute atomic E-state index is 0.101. The number of fused-ring (bicyclic) bond motifs is 1. The quantitative estimate of drug-likeness (QED) is 0.599. The molecule has 8 heteroatoms. The molecule has 1 atom stereocenters. The Morgan fingerprint density at radius 1 is 1.17 bits per heavy atom. The molecule has 0 radical (unpaired) electrons. The number of rotatable bonds is 7. The number of methoxy groups -OCH3 is 1. The lowest BCUT2D eigenvalue weighted by molar-refractivity contribution is 0.0852. The molecule has 3 heterocycles. The van der Waals surface area contributed by atoms with Crippen molar-refractivity contribution in [2.24, 2.45) is 0 Å². The van der Waals surface area contributed by atoms with Crippen molar-refractivity contribution >= 4 is 11.6 Å². The first-order chi connectivity index (χ1) is 14.7. The number of hydrogen-bond acceptors (Lipinski definition) is 6. The van der Waals surface area contributed by atoms with Crippen LogP contribution < -0.4 is 5.32 Å². The van der Waals surface area contributed by atoms with Gasteiger partial charge in [-0.2, -0.15) is 0 Å². The summed E-state index contributed by atoms with van der Waals surface area (Å²) >= 11 is 0. The summed E-state index contributed by atoms with van der Waals surface area (Å²) in [5.41, 5.74) is 2.63. The molecular formula is C22H28N6O2. The Morgan fingerprint density at radius 3 is 2.80 bits per heavy atom. The molecule has 2 aromatic heterocycles. The number of likely N-dealkylation sites (N-methyl/N-ethyl adjacent to an activating group) is 1. The zero-order valence-electron chi connectivity index (χ0n) is 17.5. The van der Waals surface area contributed by atoms with E-state index in [1.54, 1.807) is 13.2 Å². The van der Waals surface area contributed by atoms with E-state index in [4.69, 9.17) is 4.74 Å². The van der Waals surface area contributed by atoms with Crippen LogP contribution in [0.2, 0.25) is 0 Å². The molecule has 1 N–H and O–H groups in total. The van der Waals surface area contributed by atoms with Crippen molar-refractivity contribution in [3.05, 3.63) is 65.6 Å². The maximum atomic E-state index is 12.5. The highest BCUT2D eigenvalue weighted by Crippen LogP contribution is 2.24. The zero-order chi connectivity index (χ0) is 20.9. The predicted molar refractivity (Wildman–Crippen MR) is 114 cm³/mol. The Morgan fingerprint density at radius 2 is 2.00 bits per heavy atom. The molecule has 1 aromatic carbocycles. The number of pyridine rings is 1. The lowest BCUT2D eigenvalue weighted by Crippen LogP contribution is -2.46. The fourth-order valence-corrected chi connectivity index (χ4v) is 3.83. The van der Waals surface area contributed by atoms with E-state index in [9.17, 15) is 4.79 Å². The van der Waals surface area contributed by atoms with E-state index in [1.165, 1.54) is 5.56 Å². The topological polar surface area (TPSA) is 75.0 Å². The van der Waals surface area contributed by atoms with E-state index in [1.807, 2.05) is 22.7 Å². The first-order valence-electron chi connectivity index (χ1n) is 10.2. The molecule has 1 aliphatic rings. The van der Waals surface area contributed by atoms with Crippen molar-refractivity contribution < 1.29 is 9.53 Å². The summed E-state index contributed by atoms with van der Waals surface area (Å²) < 4.78 is 6.94. The first kappa shape index (κ1) is 20.5. The van der Waals surface area contributed by atoms with E-state index in [0.717, 1.165) is 37.7 Å². The summed E-state index contributed by atoms with van der Waals surface area (Å²) in [6.45, 7) is 4.68. The van der Waals surface area contributed by atoms with E-state index in [0.29, 0.717) is 18.7 Å². The largest absolute Gasteiger partial charge is 0.383 e. The summed E-state index contributed by atoms with van der Waals surface area (Å²) in [6.07, 6.45) is 1.83. The van der Waals surface area contributed by atoms with Crippen LogP contribution in [0.15, 0.2) is 48.7 Å². The monoisotopic (exact) mass is 408 g/mol. The Labute approximate surface area is 176 Å². The molecule has 30 heavy (non-hydrogen) atoms. The molecule has 0 bridgehead atoms. The lowest BCUT2D eigenvalue weighted by Gasteiger charge is -2.38. The van der Waals surface area contributed by atoms with Gasteiger partial charge in [0.15, 0.2) is 11.5 Å². The van der Waals surface area contributed by atoms with Gasteiger partial charge in [-0.1, -0.05) is 30.3 Å². The second-order valence-electron chi connectivity index (χ2n) is 7.67. The molecule has 0 spiro atoms. The van der Waals surface area contributed by atoms with Crippen LogP contribution in [0.1, 0.15) is 27.8 Å². The third-order valence-corrected chi connectivity index (χ3v) is 5.56. The van der Waals surface area contributed by atoms with Crippen LogP contribution in [0, 0.1) is 0 Å². The number of hydrogen-bond donors (Lipinski definition) is 1. The lowest BCUT2D eigenvalue weighted by atomic mass is 10.1. The molecule has 1 aliphatic heterocycles. The molecular weight excluding hydrogens is 380 g/mol. The number of nitrogens with zero attached hydrogens (tertiary/aromatic N) is 5. The van der Waals surface area contributed by atoms with Crippen molar-refractivity contribution in [1.29, 1.82) is 0 Å². The second-order valence-corrected chi connectivity index (χ2v) is 7.67. The second kappa shape index (κ2) is 9.34. The average molecular weight is 409 g/mol. The number of piperazine rings is 1. The average Bonchev–Trinajstić information content (AvgIpc) is 3.19. The fourth-order valence-electron chi connectivity index (χ4n) is 3.83. The minimum Gasteiger partial charge on any atom is -0.383 e. The maximum absolute atomic E-state index is 12.5. The highest BCUT2D eigenvalue weighted by Gasteiger charge is 2.29. The van der Waals surface area contributed by atoms with E-state index < -0.39 is 0 Å². The Kier molecular flexibility index (Phi) is 6.37. The number of nitrogens with one attached hydrogen (secondary N) is 1. The van der Waals surface area contributed by atoms with Crippen LogP contribution in [0.5, 0.6) is 0 Å². The van der Waals surface area contributed by atoms with Gasteiger partial charge in [0.1, 0.15) is 0 Å². The molecule has 158 valence electrons. The summed E-state index contributed by atoms with van der Waals surface area (Å²) in [7, 11) is 3.73. The van der Waals surface area contributed by atoms with Gasteiger partial charge in [0.2, 0.25) is 0 Å². The number of benzene rings is 1. The maximum Gasteiger partial charge on any atom is 0.252 e. The van der Waals surface area contributed by atoms with Crippen molar-refractivity contribution in [3.8, 4) is 0 Å². The van der Waals surface area contributed by atoms with E-state index >= 15 is 0 Å². The van der Waals surface area contributed by atoms with Crippen LogP contribution in [0.4, 0.5) is 0 Å². The van der Waals surface area contributed by atoms with Crippen LogP contribution in [-0.2, 0) is 11.3 Å². The van der Waals surface area contributed by atoms with Crippen LogP contribution in [-0.4, -0.2) is 77.2 Å². The number of carbonyl (C=O) groups excluding carboxylic acids is 1. The molecule has 1 saturated heterocycles. The number of ether oxygens (including phenoxy) is 1. The van der Waals surface area contributed by atoms with Crippen molar-refractivity contribution in [2.45, 2.75) is 12.6 Å². The van der Waals surface area contributed by atoms with Gasteiger partial charge in [-0.3, -0.25) is 19.0 Å². The van der Waals surface area contributed by atoms with Gasteiger partial charge in [0.05, 0.1) is 18.2 Å². The number of aromatic nitrogens is 3. The van der Waals surface area contributed by atoms with Crippen molar-refractivity contribution in [2.75, 3.05) is 46.9 Å². The zero-order valence-corrected chi connectivity index (χ0v) is 17.5. The molecule has 1 unspecified atom stereocenters. The van der Waals surface area contributed by atoms with Crippen molar-refractivity contribution in [3.63, 3.8) is 0 Å². The minimum atomic E-state index is -0.128. The number of carbonyl (C=O) groups is 1. The van der Waals surface area contributed by atoms with E-state index in [2.05, 4.69) is 56.6 Å². The number of amides is 1. The molecule has 8 nitrogen and oxygen atoms in total. The summed E-state index contributed by atoms with van der Waals surface area (Å²) in [5.74, 6) is 0.730. The van der Waals surface area contributed by atoms with Gasteiger partial charge >= 0.3 is 0 Å². The summed E-state index contributed by atoms with van der Waals surface area (Å²) in [5, 5.41) is 11.7. The van der Waals surface area contributed by atoms with Crippen molar-refractivity contribution in [1.82, 2.24) is 29.7 Å². The van der Waals surface area contributed by atoms with E-state index in [-0.39, 0.29) is 11.9 Å². The molecule has 0 saturated carbocycles. The Hall–Kier alpha value is -2.81. The van der Waals surface area contributed by atoms with Gasteiger partial charge in [0, 0.05) is 46.0 Å². The normalized spacial score (nSPS) is 18.0. The SMILES string of the molecule is COCCNC(=O)c1ccc2nnc(C3CN(Cc4ccccc4)CCN3C)n2c1. The fraction of sp³-hybridized carbons (Fsp3) is 0.409. The first-order valence-corrected chi connectivity index (χ1v) is 10.2. The summed E-state index contributed by atoms with van der Waals surface area (Å²) in [4.78, 5) is 17.2. The van der Waals surface area contributed by atoms with Gasteiger partial charge < -0.3 is 10.1 Å². The summed E-state index contributed by atoms with van der Waals surface area (Å²) in [6, 6.07) is 14.2. The standard InChI is InChI=1S/C22H28N6O2/c1-26-11-12-27(14-17-6-4-3-5-7-17)16-19(26)21-25-24-20-9-8-18(15-28(20)21)22(29)23-10-13-30-2/h3-9,15,19H,10-14,16H2,1-2H3,(H,23,29). The third kappa shape index (κ3) is 4.51. The van der Waals surface area contributed by atoms with Crippen LogP contribution >= 0.6 is 0 Å². The van der Waals surface area contributed by atoms with Gasteiger partial charge in [-0.15, -0.1) is 10.2 Å². The highest BCUT2D eigenvalue weighted by atomic mass is 16.5. The smallest absolute Gasteiger partial charge is 0.252 e. The molecule has 1 amide bonds. The molecule has 0 aliphatic carbocycles. The third-order valence-electron chi connectivity index (χ3n) is 5.56. The van der Waals surface area contributed by atoms with Gasteiger partial charge in [-0.25, -0.2) is 0 Å². The van der Waals surface area contributed by atoms with Crippen LogP contribution in [0.3, 0.4) is 0 Å². The molecule has 4 rings (SSSR count). The Bertz CT molecular complexity index is 990. The Balaban J connectivity index is 1.54.